The Labute approximate surface area is 123 Å². The van der Waals surface area contributed by atoms with Gasteiger partial charge in [0.1, 0.15) is 0 Å². The summed E-state index contributed by atoms with van der Waals surface area (Å²) in [6, 6.07) is 0.232. The smallest absolute Gasteiger partial charge is 0.237 e. The summed E-state index contributed by atoms with van der Waals surface area (Å²) in [5.41, 5.74) is 5.34. The highest BCUT2D eigenvalue weighted by Gasteiger charge is 2.27. The predicted octanol–water partition coefficient (Wildman–Crippen LogP) is 0.825. The van der Waals surface area contributed by atoms with Gasteiger partial charge in [0.2, 0.25) is 23.1 Å². The number of carbonyl (C=O) groups is 1. The van der Waals surface area contributed by atoms with E-state index in [2.05, 4.69) is 15.0 Å². The van der Waals surface area contributed by atoms with E-state index in [-0.39, 0.29) is 17.9 Å². The normalized spacial score (nSPS) is 15.3. The van der Waals surface area contributed by atoms with Gasteiger partial charge in [-0.1, -0.05) is 12.8 Å². The minimum Gasteiger partial charge on any atom is -0.368 e. The molecule has 1 saturated carbocycles. The summed E-state index contributed by atoms with van der Waals surface area (Å²) in [6.45, 7) is 0.0951. The number of rotatable bonds is 5. The van der Waals surface area contributed by atoms with E-state index in [0.717, 1.165) is 25.7 Å². The first-order valence-electron chi connectivity index (χ1n) is 6.61. The molecular formula is C12H19ClN6O. The Morgan fingerprint density at radius 3 is 2.40 bits per heavy atom. The number of halogens is 1. The van der Waals surface area contributed by atoms with Gasteiger partial charge in [-0.3, -0.25) is 4.79 Å². The highest BCUT2D eigenvalue weighted by Crippen LogP contribution is 2.27. The first-order valence-corrected chi connectivity index (χ1v) is 6.99. The lowest BCUT2D eigenvalue weighted by molar-refractivity contribution is -0.116. The van der Waals surface area contributed by atoms with E-state index >= 15 is 0 Å². The van der Waals surface area contributed by atoms with Gasteiger partial charge < -0.3 is 15.5 Å². The van der Waals surface area contributed by atoms with Crippen molar-refractivity contribution in [3.8, 4) is 0 Å². The number of primary amides is 1. The van der Waals surface area contributed by atoms with Gasteiger partial charge in [0.05, 0.1) is 6.54 Å². The van der Waals surface area contributed by atoms with Crippen LogP contribution >= 0.6 is 11.6 Å². The van der Waals surface area contributed by atoms with Gasteiger partial charge in [0, 0.05) is 20.1 Å². The second-order valence-corrected chi connectivity index (χ2v) is 5.47. The number of nitrogens with zero attached hydrogens (tertiary/aromatic N) is 5. The van der Waals surface area contributed by atoms with Crippen LogP contribution in [-0.2, 0) is 4.79 Å². The molecule has 1 aliphatic carbocycles. The van der Waals surface area contributed by atoms with Crippen LogP contribution in [0.15, 0.2) is 0 Å². The minimum atomic E-state index is -0.403. The molecule has 1 aromatic rings. The topological polar surface area (TPSA) is 88.2 Å². The SMILES string of the molecule is CN(C)c1nc(Cl)nc(N(CC(N)=O)C2CCCC2)n1. The second kappa shape index (κ2) is 6.21. The lowest BCUT2D eigenvalue weighted by atomic mass is 10.2. The molecule has 0 spiro atoms. The Bertz CT molecular complexity index is 489. The molecule has 0 radical (unpaired) electrons. The third-order valence-corrected chi connectivity index (χ3v) is 3.50. The van der Waals surface area contributed by atoms with Crippen LogP contribution in [-0.4, -0.2) is 47.5 Å². The molecule has 1 aromatic heterocycles. The van der Waals surface area contributed by atoms with Crippen molar-refractivity contribution in [3.63, 3.8) is 0 Å². The zero-order valence-electron chi connectivity index (χ0n) is 11.7. The molecule has 0 saturated heterocycles. The van der Waals surface area contributed by atoms with Crippen LogP contribution in [0.3, 0.4) is 0 Å². The average molecular weight is 299 g/mol. The molecule has 1 heterocycles. The van der Waals surface area contributed by atoms with E-state index in [1.54, 1.807) is 4.90 Å². The van der Waals surface area contributed by atoms with Crippen LogP contribution < -0.4 is 15.5 Å². The Morgan fingerprint density at radius 2 is 1.85 bits per heavy atom. The third-order valence-electron chi connectivity index (χ3n) is 3.33. The van der Waals surface area contributed by atoms with Crippen molar-refractivity contribution >= 4 is 29.4 Å². The van der Waals surface area contributed by atoms with Crippen LogP contribution in [0.1, 0.15) is 25.7 Å². The number of anilines is 2. The predicted molar refractivity (Wildman–Crippen MR) is 78.0 cm³/mol. The number of hydrogen-bond acceptors (Lipinski definition) is 6. The van der Waals surface area contributed by atoms with Crippen LogP contribution in [0.25, 0.3) is 0 Å². The zero-order chi connectivity index (χ0) is 14.7. The maximum atomic E-state index is 11.3. The van der Waals surface area contributed by atoms with E-state index < -0.39 is 5.91 Å². The molecule has 0 aliphatic heterocycles. The highest BCUT2D eigenvalue weighted by molar-refractivity contribution is 6.28. The number of carbonyl (C=O) groups excluding carboxylic acids is 1. The monoisotopic (exact) mass is 298 g/mol. The summed E-state index contributed by atoms with van der Waals surface area (Å²) >= 11 is 5.95. The second-order valence-electron chi connectivity index (χ2n) is 5.13. The molecule has 110 valence electrons. The summed E-state index contributed by atoms with van der Waals surface area (Å²) in [6.07, 6.45) is 4.29. The van der Waals surface area contributed by atoms with Gasteiger partial charge in [0.25, 0.3) is 0 Å². The summed E-state index contributed by atoms with van der Waals surface area (Å²) in [4.78, 5) is 27.5. The molecule has 1 amide bonds. The van der Waals surface area contributed by atoms with Gasteiger partial charge in [0.15, 0.2) is 0 Å². The molecule has 2 rings (SSSR count). The minimum absolute atomic E-state index is 0.0951. The fourth-order valence-electron chi connectivity index (χ4n) is 2.40. The maximum absolute atomic E-state index is 11.3. The van der Waals surface area contributed by atoms with Crippen LogP contribution in [0.2, 0.25) is 5.28 Å². The van der Waals surface area contributed by atoms with Crippen molar-refractivity contribution in [1.82, 2.24) is 15.0 Å². The van der Waals surface area contributed by atoms with E-state index in [1.165, 1.54) is 0 Å². The molecule has 1 fully saturated rings. The number of aromatic nitrogens is 3. The average Bonchev–Trinajstić information content (AvgIpc) is 2.88. The van der Waals surface area contributed by atoms with Crippen molar-refractivity contribution in [2.45, 2.75) is 31.7 Å². The van der Waals surface area contributed by atoms with Crippen LogP contribution in [0, 0.1) is 0 Å². The summed E-state index contributed by atoms with van der Waals surface area (Å²) in [5.74, 6) is 0.478. The summed E-state index contributed by atoms with van der Waals surface area (Å²) in [7, 11) is 3.65. The molecule has 0 atom stereocenters. The molecule has 8 heteroatoms. The standard InChI is InChI=1S/C12H19ClN6O/c1-18(2)11-15-10(13)16-12(17-11)19(7-9(14)20)8-5-3-4-6-8/h8H,3-7H2,1-2H3,(H2,14,20). The molecule has 1 aliphatic rings. The van der Waals surface area contributed by atoms with Gasteiger partial charge in [-0.05, 0) is 24.4 Å². The molecule has 20 heavy (non-hydrogen) atoms. The van der Waals surface area contributed by atoms with Crippen molar-refractivity contribution in [1.29, 1.82) is 0 Å². The number of amides is 1. The maximum Gasteiger partial charge on any atom is 0.237 e. The Hall–Kier alpha value is -1.63. The van der Waals surface area contributed by atoms with Gasteiger partial charge in [-0.2, -0.15) is 15.0 Å². The van der Waals surface area contributed by atoms with Crippen molar-refractivity contribution in [2.75, 3.05) is 30.4 Å². The Kier molecular flexibility index (Phi) is 4.59. The molecule has 7 nitrogen and oxygen atoms in total. The van der Waals surface area contributed by atoms with E-state index in [1.807, 2.05) is 19.0 Å². The molecule has 2 N–H and O–H groups in total. The van der Waals surface area contributed by atoms with E-state index in [0.29, 0.717) is 11.9 Å². The fourth-order valence-corrected chi connectivity index (χ4v) is 2.56. The lowest BCUT2D eigenvalue weighted by Gasteiger charge is -2.28. The van der Waals surface area contributed by atoms with Gasteiger partial charge >= 0.3 is 0 Å². The van der Waals surface area contributed by atoms with Crippen LogP contribution in [0.4, 0.5) is 11.9 Å². The fraction of sp³-hybridized carbons (Fsp3) is 0.667. The van der Waals surface area contributed by atoms with Crippen molar-refractivity contribution < 1.29 is 4.79 Å². The molecular weight excluding hydrogens is 280 g/mol. The van der Waals surface area contributed by atoms with E-state index in [9.17, 15) is 4.79 Å². The van der Waals surface area contributed by atoms with Crippen molar-refractivity contribution in [3.05, 3.63) is 5.28 Å². The highest BCUT2D eigenvalue weighted by atomic mass is 35.5. The quantitative estimate of drug-likeness (QED) is 0.866. The Balaban J connectivity index is 2.34. The summed E-state index contributed by atoms with van der Waals surface area (Å²) in [5, 5.41) is 0.117. The number of nitrogens with two attached hydrogens (primary N) is 1. The zero-order valence-corrected chi connectivity index (χ0v) is 12.5. The Morgan fingerprint density at radius 1 is 1.25 bits per heavy atom. The molecule has 0 aromatic carbocycles. The van der Waals surface area contributed by atoms with Gasteiger partial charge in [-0.25, -0.2) is 0 Å². The third kappa shape index (κ3) is 3.47. The first-order chi connectivity index (χ1) is 9.47. The molecule has 0 bridgehead atoms. The molecule has 0 unspecified atom stereocenters. The lowest BCUT2D eigenvalue weighted by Crippen LogP contribution is -2.41. The first kappa shape index (κ1) is 14.8. The number of hydrogen-bond donors (Lipinski definition) is 1. The largest absolute Gasteiger partial charge is 0.368 e. The summed E-state index contributed by atoms with van der Waals surface area (Å²) < 4.78 is 0. The van der Waals surface area contributed by atoms with Gasteiger partial charge in [-0.15, -0.1) is 0 Å². The van der Waals surface area contributed by atoms with Crippen molar-refractivity contribution in [2.24, 2.45) is 5.73 Å². The van der Waals surface area contributed by atoms with Crippen LogP contribution in [0.5, 0.6) is 0 Å². The van der Waals surface area contributed by atoms with E-state index in [4.69, 9.17) is 17.3 Å².